The van der Waals surface area contributed by atoms with Gasteiger partial charge in [0.15, 0.2) is 0 Å². The van der Waals surface area contributed by atoms with Gasteiger partial charge in [-0.2, -0.15) is 13.1 Å². The Morgan fingerprint density at radius 3 is 1.40 bits per heavy atom. The van der Waals surface area contributed by atoms with Gasteiger partial charge in [-0.3, -0.25) is 0 Å². The third-order valence-electron chi connectivity index (χ3n) is 3.46. The van der Waals surface area contributed by atoms with Gasteiger partial charge in [0, 0.05) is 16.8 Å². The molecule has 5 heteroatoms. The summed E-state index contributed by atoms with van der Waals surface area (Å²) < 4.78 is 0. The number of hydrogen-bond acceptors (Lipinski definition) is 0. The Hall–Kier alpha value is 0.346. The monoisotopic (exact) mass is 399 g/mol. The van der Waals surface area contributed by atoms with E-state index in [2.05, 4.69) is 83.6 Å². The molecule has 3 atom stereocenters. The summed E-state index contributed by atoms with van der Waals surface area (Å²) in [4.78, 5) is 0. The first-order valence-corrected chi connectivity index (χ1v) is 9.84. The first-order chi connectivity index (χ1) is 11.1. The van der Waals surface area contributed by atoms with E-state index < -0.39 is 0 Å². The predicted molar refractivity (Wildman–Crippen MR) is 112 cm³/mol. The maximum atomic E-state index is 4.55. The maximum Gasteiger partial charge on any atom is 0 e. The molecule has 25 heavy (non-hydrogen) atoms. The minimum absolute atomic E-state index is 0. The average Bonchev–Trinajstić information content (AvgIpc) is 2.43. The van der Waals surface area contributed by atoms with E-state index in [0.717, 1.165) is 32.4 Å². The fourth-order valence-electron chi connectivity index (χ4n) is 2.60. The van der Waals surface area contributed by atoms with Gasteiger partial charge in [-0.05, 0) is 0 Å². The van der Waals surface area contributed by atoms with Crippen molar-refractivity contribution in [3.05, 3.63) is 21.3 Å². The molecule has 0 rings (SSSR count). The molecule has 0 aromatic heterocycles. The van der Waals surface area contributed by atoms with Gasteiger partial charge < -0.3 is 21.3 Å². The fraction of sp³-hybridized carbons (Fsp3) is 1.00. The van der Waals surface area contributed by atoms with Crippen molar-refractivity contribution in [3.63, 3.8) is 0 Å². The van der Waals surface area contributed by atoms with E-state index in [0.29, 0.717) is 18.1 Å². The van der Waals surface area contributed by atoms with E-state index in [9.17, 15) is 0 Å². The van der Waals surface area contributed by atoms with E-state index in [1.165, 1.54) is 0 Å². The normalized spacial score (nSPS) is 15.0. The van der Waals surface area contributed by atoms with Gasteiger partial charge in [-0.15, -0.1) is 30.6 Å². The summed E-state index contributed by atoms with van der Waals surface area (Å²) in [6, 6.07) is 1.45. The van der Waals surface area contributed by atoms with Crippen molar-refractivity contribution in [2.75, 3.05) is 13.1 Å². The topological polar surface area (TPSA) is 56.4 Å². The van der Waals surface area contributed by atoms with Crippen LogP contribution in [-0.2, 0) is 16.8 Å². The quantitative estimate of drug-likeness (QED) is 0.359. The van der Waals surface area contributed by atoms with Crippen LogP contribution in [0, 0.1) is 0 Å². The molecule has 0 aromatic carbocycles. The summed E-state index contributed by atoms with van der Waals surface area (Å²) in [5.41, 5.74) is 0.0395. The zero-order valence-corrected chi connectivity index (χ0v) is 19.5. The summed E-state index contributed by atoms with van der Waals surface area (Å²) in [5, 5.41) is 18.0. The standard InChI is InChI=1S/C11H24N2.C9H20N2.Co/c1-5-10(12-7-3)9-11(6-2)13-8-4;1-7(2)10-8(3)11-9(4,5)6;/h10-11H,5-9H2,1-4H3;7-8H,1-6H3;/q2*-2;. The van der Waals surface area contributed by atoms with Crippen molar-refractivity contribution in [1.29, 1.82) is 0 Å². The molecule has 0 saturated carbocycles. The Balaban J connectivity index is -0.000000377. The smallest absolute Gasteiger partial charge is 0 e. The molecule has 3 unspecified atom stereocenters. The van der Waals surface area contributed by atoms with Crippen LogP contribution in [0.25, 0.3) is 21.3 Å². The van der Waals surface area contributed by atoms with Crippen LogP contribution in [0.5, 0.6) is 0 Å². The Morgan fingerprint density at radius 1 is 0.760 bits per heavy atom. The second kappa shape index (κ2) is 17.7. The molecule has 0 fully saturated rings. The molecule has 0 aliphatic carbocycles. The molecular weight excluding hydrogens is 355 g/mol. The van der Waals surface area contributed by atoms with Crippen molar-refractivity contribution in [1.82, 2.24) is 0 Å². The number of rotatable bonds is 11. The molecular formula is C20H44CoN4-4. The molecule has 0 saturated heterocycles. The van der Waals surface area contributed by atoms with Crippen LogP contribution in [0.2, 0.25) is 0 Å². The van der Waals surface area contributed by atoms with Crippen LogP contribution >= 0.6 is 0 Å². The Bertz CT molecular complexity index is 255. The molecule has 0 N–H and O–H groups in total. The van der Waals surface area contributed by atoms with E-state index in [4.69, 9.17) is 0 Å². The van der Waals surface area contributed by atoms with E-state index in [1.807, 2.05) is 6.92 Å². The Kier molecular flexibility index (Phi) is 21.4. The Morgan fingerprint density at radius 2 is 1.16 bits per heavy atom. The molecule has 0 aliphatic rings. The Labute approximate surface area is 169 Å². The van der Waals surface area contributed by atoms with Crippen LogP contribution in [0.4, 0.5) is 0 Å². The van der Waals surface area contributed by atoms with Gasteiger partial charge >= 0.3 is 0 Å². The third-order valence-corrected chi connectivity index (χ3v) is 3.46. The van der Waals surface area contributed by atoms with Crippen molar-refractivity contribution in [2.24, 2.45) is 0 Å². The van der Waals surface area contributed by atoms with Crippen LogP contribution in [0.15, 0.2) is 0 Å². The largest absolute Gasteiger partial charge is 0.676 e. The van der Waals surface area contributed by atoms with Crippen molar-refractivity contribution in [3.8, 4) is 0 Å². The molecule has 157 valence electrons. The molecule has 1 radical (unpaired) electrons. The average molecular weight is 400 g/mol. The first-order valence-electron chi connectivity index (χ1n) is 9.84. The molecule has 0 spiro atoms. The third kappa shape index (κ3) is 22.3. The van der Waals surface area contributed by atoms with Gasteiger partial charge in [0.2, 0.25) is 0 Å². The molecule has 4 nitrogen and oxygen atoms in total. The molecule has 0 bridgehead atoms. The summed E-state index contributed by atoms with van der Waals surface area (Å²) in [6.45, 7) is 23.0. The molecule has 0 aliphatic heterocycles. The van der Waals surface area contributed by atoms with E-state index >= 15 is 0 Å². The van der Waals surface area contributed by atoms with Crippen molar-refractivity contribution >= 4 is 0 Å². The maximum absolute atomic E-state index is 4.55. The van der Waals surface area contributed by atoms with Gasteiger partial charge in [0.1, 0.15) is 0 Å². The van der Waals surface area contributed by atoms with Gasteiger partial charge in [0.25, 0.3) is 0 Å². The van der Waals surface area contributed by atoms with Crippen LogP contribution < -0.4 is 0 Å². The summed E-state index contributed by atoms with van der Waals surface area (Å²) in [5.74, 6) is 0. The zero-order valence-electron chi connectivity index (χ0n) is 18.5. The van der Waals surface area contributed by atoms with Gasteiger partial charge in [-0.1, -0.05) is 81.6 Å². The minimum Gasteiger partial charge on any atom is -0.676 e. The first kappa shape index (κ1) is 30.1. The molecule has 0 aromatic rings. The zero-order chi connectivity index (χ0) is 19.2. The van der Waals surface area contributed by atoms with Crippen LogP contribution in [0.1, 0.15) is 88.5 Å². The van der Waals surface area contributed by atoms with Crippen LogP contribution in [-0.4, -0.2) is 42.9 Å². The summed E-state index contributed by atoms with van der Waals surface area (Å²) in [6.07, 6.45) is 3.59. The minimum atomic E-state index is 0. The van der Waals surface area contributed by atoms with E-state index in [1.54, 1.807) is 0 Å². The van der Waals surface area contributed by atoms with Crippen LogP contribution in [0.3, 0.4) is 0 Å². The SMILES string of the molecule is CC(C)[N-]C(C)[N-]C(C)(C)C.CC[N-]C(CC)CC(CC)[N-]CC.[Co]. The molecule has 0 amide bonds. The van der Waals surface area contributed by atoms with Crippen molar-refractivity contribution in [2.45, 2.75) is 118 Å². The van der Waals surface area contributed by atoms with Gasteiger partial charge in [0.05, 0.1) is 0 Å². The molecule has 0 heterocycles. The number of nitrogens with zero attached hydrogens (tertiary/aromatic N) is 4. The predicted octanol–water partition coefficient (Wildman–Crippen LogP) is 7.01. The van der Waals surface area contributed by atoms with Gasteiger partial charge in [-0.25, -0.2) is 6.17 Å². The second-order valence-electron chi connectivity index (χ2n) is 7.53. The second-order valence-corrected chi connectivity index (χ2v) is 7.53. The van der Waals surface area contributed by atoms with E-state index in [-0.39, 0.29) is 28.5 Å². The summed E-state index contributed by atoms with van der Waals surface area (Å²) >= 11 is 0. The fourth-order valence-corrected chi connectivity index (χ4v) is 2.60. The number of hydrogen-bond donors (Lipinski definition) is 0. The summed E-state index contributed by atoms with van der Waals surface area (Å²) in [7, 11) is 0. The van der Waals surface area contributed by atoms with Crippen molar-refractivity contribution < 1.29 is 16.8 Å².